The van der Waals surface area contributed by atoms with Gasteiger partial charge in [-0.3, -0.25) is 0 Å². The van der Waals surface area contributed by atoms with Gasteiger partial charge in [-0.1, -0.05) is 72.8 Å². The van der Waals surface area contributed by atoms with Crippen molar-refractivity contribution in [2.45, 2.75) is 25.7 Å². The van der Waals surface area contributed by atoms with Crippen LogP contribution in [0.25, 0.3) is 73.4 Å². The van der Waals surface area contributed by atoms with E-state index in [0.717, 1.165) is 86.8 Å². The molecule has 0 saturated heterocycles. The summed E-state index contributed by atoms with van der Waals surface area (Å²) in [6, 6.07) is 16.3. The summed E-state index contributed by atoms with van der Waals surface area (Å²) in [5.74, 6) is 2.64. The number of nitrogens with one attached hydrogen (secondary N) is 2. The molecule has 2 aliphatic carbocycles. The molecule has 8 heteroatoms. The molecule has 0 radical (unpaired) electrons. The molecule has 0 atom stereocenters. The van der Waals surface area contributed by atoms with Gasteiger partial charge >= 0.3 is 0 Å². The van der Waals surface area contributed by atoms with Crippen LogP contribution in [0.3, 0.4) is 0 Å². The second-order valence-electron chi connectivity index (χ2n) is 10.4. The van der Waals surface area contributed by atoms with Crippen LogP contribution in [0.15, 0.2) is 66.8 Å². The highest BCUT2D eigenvalue weighted by molar-refractivity contribution is 6.05. The van der Waals surface area contributed by atoms with Crippen LogP contribution in [0.4, 0.5) is 0 Å². The van der Waals surface area contributed by atoms with Crippen LogP contribution in [-0.4, -0.2) is 39.9 Å². The van der Waals surface area contributed by atoms with E-state index < -0.39 is 0 Å². The molecule has 0 amide bonds. The molecule has 40 heavy (non-hydrogen) atoms. The molecular formula is C32H22N8. The predicted molar refractivity (Wildman–Crippen MR) is 157 cm³/mol. The minimum absolute atomic E-state index is 0.626. The molecule has 2 aliphatic heterocycles. The maximum absolute atomic E-state index is 5.08. The fraction of sp³-hybridized carbons (Fsp3) is 0.125. The summed E-state index contributed by atoms with van der Waals surface area (Å²) in [5, 5.41) is 1.97. The van der Waals surface area contributed by atoms with Gasteiger partial charge < -0.3 is 9.97 Å². The molecule has 4 aliphatic rings. The quantitative estimate of drug-likeness (QED) is 0.234. The molecule has 190 valence electrons. The highest BCUT2D eigenvalue weighted by atomic mass is 15.1. The fourth-order valence-electron chi connectivity index (χ4n) is 6.09. The lowest BCUT2D eigenvalue weighted by atomic mass is 9.98. The van der Waals surface area contributed by atoms with E-state index in [1.165, 1.54) is 0 Å². The number of fused-ring (bicyclic) bond motifs is 19. The zero-order valence-corrected chi connectivity index (χ0v) is 21.4. The molecule has 0 unspecified atom stereocenters. The summed E-state index contributed by atoms with van der Waals surface area (Å²) < 4.78 is 0. The number of rotatable bonds is 0. The number of allylic oxidation sites excluding steroid dienone is 5. The molecule has 8 bridgehead atoms. The van der Waals surface area contributed by atoms with E-state index in [-0.39, 0.29) is 0 Å². The van der Waals surface area contributed by atoms with E-state index in [1.54, 1.807) is 0 Å². The first-order valence-corrected chi connectivity index (χ1v) is 13.6. The van der Waals surface area contributed by atoms with Crippen molar-refractivity contribution in [1.29, 1.82) is 0 Å². The third-order valence-corrected chi connectivity index (χ3v) is 8.01. The SMILES string of the molecule is C1=CC2=C(CC1)c1nc2nc2[nH]c(nc3nc(nc4[nH]c(n1)c1ccccc41)-c1ccccc1-3)c1c2C=CCC1. The average molecular weight is 519 g/mol. The Kier molecular flexibility index (Phi) is 4.40. The van der Waals surface area contributed by atoms with Gasteiger partial charge in [0.1, 0.15) is 22.6 Å². The largest absolute Gasteiger partial charge is 0.324 e. The summed E-state index contributed by atoms with van der Waals surface area (Å²) in [5.41, 5.74) is 9.26. The normalized spacial score (nSPS) is 15.3. The first-order valence-electron chi connectivity index (χ1n) is 13.6. The lowest BCUT2D eigenvalue weighted by Gasteiger charge is -2.06. The summed E-state index contributed by atoms with van der Waals surface area (Å²) in [6.07, 6.45) is 12.3. The number of hydrogen-bond donors (Lipinski definition) is 2. The Morgan fingerprint density at radius 3 is 1.93 bits per heavy atom. The van der Waals surface area contributed by atoms with E-state index in [4.69, 9.17) is 29.9 Å². The van der Waals surface area contributed by atoms with Gasteiger partial charge in [0.15, 0.2) is 23.3 Å². The van der Waals surface area contributed by atoms with Crippen molar-refractivity contribution < 1.29 is 0 Å². The van der Waals surface area contributed by atoms with Gasteiger partial charge in [-0.2, -0.15) is 0 Å². The molecule has 8 nitrogen and oxygen atoms in total. The summed E-state index contributed by atoms with van der Waals surface area (Å²) in [7, 11) is 0. The maximum Gasteiger partial charge on any atom is 0.164 e. The van der Waals surface area contributed by atoms with Crippen molar-refractivity contribution in [3.63, 3.8) is 0 Å². The monoisotopic (exact) mass is 518 g/mol. The smallest absolute Gasteiger partial charge is 0.164 e. The highest BCUT2D eigenvalue weighted by Crippen LogP contribution is 2.37. The zero-order valence-electron chi connectivity index (χ0n) is 21.4. The predicted octanol–water partition coefficient (Wildman–Crippen LogP) is 6.60. The number of aryl methyl sites for hydroxylation is 1. The minimum Gasteiger partial charge on any atom is -0.324 e. The standard InChI is InChI=1S/C32H22N8/c1-2-10-18-17(9-1)25-33-26(18)38-28-21-13-5-6-14-22(21)30(35-28)40-32-24-16-8-7-15-23(24)31(36-32)39-29-20-12-4-3-11-19(20)27(34-29)37-25/h1-4,6,8-12,14,16H,5,7,13,15H2,(H2,33,34,35,36,37,38,39,40). The van der Waals surface area contributed by atoms with E-state index >= 15 is 0 Å². The van der Waals surface area contributed by atoms with Crippen molar-refractivity contribution in [1.82, 2.24) is 39.9 Å². The van der Waals surface area contributed by atoms with Crippen molar-refractivity contribution in [3.05, 3.63) is 89.5 Å². The fourth-order valence-corrected chi connectivity index (χ4v) is 6.09. The van der Waals surface area contributed by atoms with Crippen LogP contribution in [0, 0.1) is 0 Å². The van der Waals surface area contributed by atoms with E-state index in [9.17, 15) is 0 Å². The topological polar surface area (TPSA) is 109 Å². The summed E-state index contributed by atoms with van der Waals surface area (Å²) in [6.45, 7) is 0. The Labute approximate surface area is 228 Å². The van der Waals surface area contributed by atoms with Gasteiger partial charge in [0.2, 0.25) is 0 Å². The van der Waals surface area contributed by atoms with E-state index in [2.05, 4.69) is 52.5 Å². The zero-order chi connectivity index (χ0) is 26.2. The van der Waals surface area contributed by atoms with Crippen molar-refractivity contribution >= 4 is 50.6 Å². The molecule has 0 fully saturated rings. The average Bonchev–Trinajstić information content (AvgIpc) is 3.73. The second kappa shape index (κ2) is 8.13. The van der Waals surface area contributed by atoms with E-state index in [0.29, 0.717) is 28.9 Å². The number of benzene rings is 2. The number of hydrogen-bond acceptors (Lipinski definition) is 6. The Bertz CT molecular complexity index is 2180. The second-order valence-corrected chi connectivity index (χ2v) is 10.4. The van der Waals surface area contributed by atoms with Crippen LogP contribution in [0.2, 0.25) is 0 Å². The summed E-state index contributed by atoms with van der Waals surface area (Å²) >= 11 is 0. The molecule has 0 spiro atoms. The minimum atomic E-state index is 0.626. The van der Waals surface area contributed by atoms with Crippen LogP contribution >= 0.6 is 0 Å². The number of aromatic amines is 2. The highest BCUT2D eigenvalue weighted by Gasteiger charge is 2.24. The molecule has 5 aromatic rings. The lowest BCUT2D eigenvalue weighted by molar-refractivity contribution is 0.995. The van der Waals surface area contributed by atoms with Gasteiger partial charge in [-0.25, -0.2) is 29.9 Å². The van der Waals surface area contributed by atoms with Crippen molar-refractivity contribution in [3.8, 4) is 22.8 Å². The van der Waals surface area contributed by atoms with Crippen LogP contribution in [0.5, 0.6) is 0 Å². The molecule has 0 saturated carbocycles. The van der Waals surface area contributed by atoms with E-state index in [1.807, 2.05) is 30.3 Å². The number of aromatic nitrogens is 8. The molecule has 9 rings (SSSR count). The molecule has 3 aromatic heterocycles. The molecule has 5 heterocycles. The van der Waals surface area contributed by atoms with Crippen molar-refractivity contribution in [2.75, 3.05) is 0 Å². The van der Waals surface area contributed by atoms with Crippen LogP contribution in [0.1, 0.15) is 42.0 Å². The lowest BCUT2D eigenvalue weighted by Crippen LogP contribution is -1.92. The third-order valence-electron chi connectivity index (χ3n) is 8.01. The Morgan fingerprint density at radius 1 is 0.525 bits per heavy atom. The van der Waals surface area contributed by atoms with Gasteiger partial charge in [-0.15, -0.1) is 0 Å². The number of nitrogens with zero attached hydrogens (tertiary/aromatic N) is 6. The first-order chi connectivity index (χ1) is 19.8. The van der Waals surface area contributed by atoms with Crippen LogP contribution < -0.4 is 0 Å². The first kappa shape index (κ1) is 21.7. The summed E-state index contributed by atoms with van der Waals surface area (Å²) in [4.78, 5) is 37.2. The molecule has 2 aromatic carbocycles. The van der Waals surface area contributed by atoms with Gasteiger partial charge in [0, 0.05) is 44.2 Å². The van der Waals surface area contributed by atoms with Gasteiger partial charge in [0.25, 0.3) is 0 Å². The third kappa shape index (κ3) is 3.13. The Morgan fingerprint density at radius 2 is 1.12 bits per heavy atom. The molecule has 2 N–H and O–H groups in total. The van der Waals surface area contributed by atoms with Gasteiger partial charge in [0.05, 0.1) is 0 Å². The Balaban J connectivity index is 1.48. The maximum atomic E-state index is 5.08. The van der Waals surface area contributed by atoms with Crippen molar-refractivity contribution in [2.24, 2.45) is 0 Å². The molecular weight excluding hydrogens is 496 g/mol. The Hall–Kier alpha value is -5.24. The van der Waals surface area contributed by atoms with Gasteiger partial charge in [-0.05, 0) is 25.7 Å². The van der Waals surface area contributed by atoms with Crippen LogP contribution in [-0.2, 0) is 6.42 Å². The number of H-pyrrole nitrogens is 2.